The van der Waals surface area contributed by atoms with Crippen LogP contribution in [0.25, 0.3) is 0 Å². The molecule has 0 aromatic carbocycles. The molecule has 2 aliphatic rings. The van der Waals surface area contributed by atoms with Gasteiger partial charge in [-0.15, -0.1) is 0 Å². The molecule has 0 amide bonds. The molecule has 2 atom stereocenters. The fraction of sp³-hybridized carbons (Fsp3) is 0.933. The highest BCUT2D eigenvalue weighted by Crippen LogP contribution is 2.24. The van der Waals surface area contributed by atoms with Crippen molar-refractivity contribution < 1.29 is 9.53 Å². The maximum atomic E-state index is 11.7. The zero-order valence-electron chi connectivity index (χ0n) is 12.4. The van der Waals surface area contributed by atoms with Gasteiger partial charge in [-0.3, -0.25) is 4.79 Å². The van der Waals surface area contributed by atoms with Gasteiger partial charge in [0.05, 0.1) is 13.0 Å². The van der Waals surface area contributed by atoms with Gasteiger partial charge in [0.25, 0.3) is 0 Å². The van der Waals surface area contributed by atoms with Crippen LogP contribution in [0.4, 0.5) is 0 Å². The summed E-state index contributed by atoms with van der Waals surface area (Å²) >= 11 is 0. The molecule has 1 saturated heterocycles. The Morgan fingerprint density at radius 1 is 1.26 bits per heavy atom. The van der Waals surface area contributed by atoms with Gasteiger partial charge < -0.3 is 15.0 Å². The topological polar surface area (TPSA) is 41.6 Å². The van der Waals surface area contributed by atoms with E-state index in [0.29, 0.717) is 6.04 Å². The molecule has 2 rings (SSSR count). The molecule has 1 aliphatic heterocycles. The van der Waals surface area contributed by atoms with Crippen LogP contribution in [-0.4, -0.2) is 50.7 Å². The Morgan fingerprint density at radius 3 is 2.68 bits per heavy atom. The second-order valence-corrected chi connectivity index (χ2v) is 6.29. The number of likely N-dealkylation sites (tertiary alicyclic amines) is 1. The maximum absolute atomic E-state index is 11.7. The predicted octanol–water partition coefficient (Wildman–Crippen LogP) is 1.65. The molecular weight excluding hydrogens is 240 g/mol. The van der Waals surface area contributed by atoms with E-state index in [4.69, 9.17) is 4.74 Å². The lowest BCUT2D eigenvalue weighted by atomic mass is 9.88. The van der Waals surface area contributed by atoms with E-state index in [9.17, 15) is 4.79 Å². The van der Waals surface area contributed by atoms with Crippen LogP contribution in [-0.2, 0) is 9.53 Å². The van der Waals surface area contributed by atoms with Gasteiger partial charge in [-0.2, -0.15) is 0 Å². The zero-order valence-corrected chi connectivity index (χ0v) is 12.4. The normalized spacial score (nSPS) is 30.2. The molecule has 4 nitrogen and oxygen atoms in total. The standard InChI is InChI=1S/C15H28N2O2/c1-17-10-13(15(18)19-2)8-14(11-17)16-9-12-6-4-3-5-7-12/h12-14,16H,3-11H2,1-2H3. The maximum Gasteiger partial charge on any atom is 0.310 e. The minimum atomic E-state index is -0.0592. The molecule has 110 valence electrons. The molecule has 1 N–H and O–H groups in total. The molecule has 1 saturated carbocycles. The van der Waals surface area contributed by atoms with Crippen molar-refractivity contribution in [3.63, 3.8) is 0 Å². The van der Waals surface area contributed by atoms with Crippen molar-refractivity contribution in [3.8, 4) is 0 Å². The van der Waals surface area contributed by atoms with Crippen LogP contribution in [0.15, 0.2) is 0 Å². The number of carbonyl (C=O) groups is 1. The number of likely N-dealkylation sites (N-methyl/N-ethyl adjacent to an activating group) is 1. The Hall–Kier alpha value is -0.610. The number of nitrogens with one attached hydrogen (secondary N) is 1. The molecule has 0 radical (unpaired) electrons. The Kier molecular flexibility index (Phi) is 5.64. The highest BCUT2D eigenvalue weighted by atomic mass is 16.5. The van der Waals surface area contributed by atoms with Crippen LogP contribution in [0.1, 0.15) is 38.5 Å². The van der Waals surface area contributed by atoms with Crippen molar-refractivity contribution >= 4 is 5.97 Å². The fourth-order valence-corrected chi connectivity index (χ4v) is 3.53. The van der Waals surface area contributed by atoms with Gasteiger partial charge in [0.15, 0.2) is 0 Å². The predicted molar refractivity (Wildman–Crippen MR) is 76.0 cm³/mol. The molecular formula is C15H28N2O2. The number of esters is 1. The van der Waals surface area contributed by atoms with Crippen molar-refractivity contribution in [2.45, 2.75) is 44.6 Å². The third-order valence-corrected chi connectivity index (χ3v) is 4.59. The van der Waals surface area contributed by atoms with E-state index in [0.717, 1.165) is 32.0 Å². The Morgan fingerprint density at radius 2 is 2.00 bits per heavy atom. The highest BCUT2D eigenvalue weighted by Gasteiger charge is 2.30. The monoisotopic (exact) mass is 268 g/mol. The van der Waals surface area contributed by atoms with E-state index in [2.05, 4.69) is 17.3 Å². The first-order chi connectivity index (χ1) is 9.19. The first kappa shape index (κ1) is 14.8. The quantitative estimate of drug-likeness (QED) is 0.787. The van der Waals surface area contributed by atoms with Crippen molar-refractivity contribution in [1.29, 1.82) is 0 Å². The zero-order chi connectivity index (χ0) is 13.7. The Bertz CT molecular complexity index is 290. The Labute approximate surface area is 116 Å². The van der Waals surface area contributed by atoms with Crippen LogP contribution in [0.3, 0.4) is 0 Å². The summed E-state index contributed by atoms with van der Waals surface area (Å²) in [6.45, 7) is 2.99. The fourth-order valence-electron chi connectivity index (χ4n) is 3.53. The molecule has 19 heavy (non-hydrogen) atoms. The lowest BCUT2D eigenvalue weighted by Gasteiger charge is -2.35. The second kappa shape index (κ2) is 7.25. The average Bonchev–Trinajstić information content (AvgIpc) is 2.45. The number of piperidine rings is 1. The van der Waals surface area contributed by atoms with Crippen LogP contribution in [0.5, 0.6) is 0 Å². The number of carbonyl (C=O) groups excluding carboxylic acids is 1. The molecule has 2 unspecified atom stereocenters. The molecule has 1 aliphatic carbocycles. The lowest BCUT2D eigenvalue weighted by Crippen LogP contribution is -2.50. The number of nitrogens with zero attached hydrogens (tertiary/aromatic N) is 1. The summed E-state index contributed by atoms with van der Waals surface area (Å²) in [4.78, 5) is 13.9. The second-order valence-electron chi connectivity index (χ2n) is 6.29. The largest absolute Gasteiger partial charge is 0.469 e. The van der Waals surface area contributed by atoms with Gasteiger partial charge in [-0.25, -0.2) is 0 Å². The van der Waals surface area contributed by atoms with Gasteiger partial charge >= 0.3 is 5.97 Å². The van der Waals surface area contributed by atoms with Crippen molar-refractivity contribution in [1.82, 2.24) is 10.2 Å². The van der Waals surface area contributed by atoms with Gasteiger partial charge in [-0.1, -0.05) is 19.3 Å². The molecule has 0 spiro atoms. The average molecular weight is 268 g/mol. The molecule has 2 fully saturated rings. The van der Waals surface area contributed by atoms with E-state index >= 15 is 0 Å². The summed E-state index contributed by atoms with van der Waals surface area (Å²) in [5, 5.41) is 3.68. The number of methoxy groups -OCH3 is 1. The highest BCUT2D eigenvalue weighted by molar-refractivity contribution is 5.72. The first-order valence-corrected chi connectivity index (χ1v) is 7.68. The molecule has 1 heterocycles. The van der Waals surface area contributed by atoms with Gasteiger partial charge in [0, 0.05) is 19.1 Å². The van der Waals surface area contributed by atoms with E-state index in [1.165, 1.54) is 39.2 Å². The first-order valence-electron chi connectivity index (χ1n) is 7.68. The van der Waals surface area contributed by atoms with E-state index in [-0.39, 0.29) is 11.9 Å². The summed E-state index contributed by atoms with van der Waals surface area (Å²) in [6, 6.07) is 0.435. The summed E-state index contributed by atoms with van der Waals surface area (Å²) in [7, 11) is 3.58. The molecule has 0 aromatic heterocycles. The van der Waals surface area contributed by atoms with Crippen LogP contribution in [0.2, 0.25) is 0 Å². The SMILES string of the molecule is COC(=O)C1CC(NCC2CCCCC2)CN(C)C1. The third-order valence-electron chi connectivity index (χ3n) is 4.59. The van der Waals surface area contributed by atoms with Crippen LogP contribution < -0.4 is 5.32 Å². The van der Waals surface area contributed by atoms with E-state index in [1.54, 1.807) is 0 Å². The van der Waals surface area contributed by atoms with Gasteiger partial charge in [0.2, 0.25) is 0 Å². The number of hydrogen-bond acceptors (Lipinski definition) is 4. The van der Waals surface area contributed by atoms with Crippen molar-refractivity contribution in [2.24, 2.45) is 11.8 Å². The number of hydrogen-bond donors (Lipinski definition) is 1. The summed E-state index contributed by atoms with van der Waals surface area (Å²) in [5.41, 5.74) is 0. The number of ether oxygens (including phenoxy) is 1. The lowest BCUT2D eigenvalue weighted by molar-refractivity contribution is -0.147. The third kappa shape index (κ3) is 4.46. The van der Waals surface area contributed by atoms with E-state index < -0.39 is 0 Å². The van der Waals surface area contributed by atoms with Crippen molar-refractivity contribution in [2.75, 3.05) is 33.8 Å². The molecule has 4 heteroatoms. The Balaban J connectivity index is 1.77. The minimum Gasteiger partial charge on any atom is -0.469 e. The molecule has 0 aromatic rings. The minimum absolute atomic E-state index is 0.0348. The number of rotatable bonds is 4. The van der Waals surface area contributed by atoms with Gasteiger partial charge in [-0.05, 0) is 38.8 Å². The summed E-state index contributed by atoms with van der Waals surface area (Å²) < 4.78 is 4.89. The van der Waals surface area contributed by atoms with Gasteiger partial charge in [0.1, 0.15) is 0 Å². The van der Waals surface area contributed by atoms with E-state index in [1.807, 2.05) is 0 Å². The van der Waals surface area contributed by atoms with Crippen molar-refractivity contribution in [3.05, 3.63) is 0 Å². The summed E-state index contributed by atoms with van der Waals surface area (Å²) in [6.07, 6.45) is 7.85. The molecule has 0 bridgehead atoms. The van der Waals surface area contributed by atoms with Crippen LogP contribution in [0, 0.1) is 11.8 Å². The van der Waals surface area contributed by atoms with Crippen LogP contribution >= 0.6 is 0 Å². The summed E-state index contributed by atoms with van der Waals surface area (Å²) in [5.74, 6) is 0.821. The smallest absolute Gasteiger partial charge is 0.310 e.